The molecule has 0 aromatic carbocycles. The van der Waals surface area contributed by atoms with Crippen molar-refractivity contribution < 1.29 is 4.79 Å². The van der Waals surface area contributed by atoms with Gasteiger partial charge < -0.3 is 11.1 Å². The summed E-state index contributed by atoms with van der Waals surface area (Å²) >= 11 is 1.93. The van der Waals surface area contributed by atoms with Crippen molar-refractivity contribution in [1.82, 2.24) is 5.32 Å². The van der Waals surface area contributed by atoms with Crippen molar-refractivity contribution in [3.63, 3.8) is 0 Å². The first-order chi connectivity index (χ1) is 5.20. The summed E-state index contributed by atoms with van der Waals surface area (Å²) in [4.78, 5) is 10.4. The van der Waals surface area contributed by atoms with Crippen LogP contribution in [0, 0.1) is 5.92 Å². The Hall–Kier alpha value is -0.220. The van der Waals surface area contributed by atoms with E-state index in [2.05, 4.69) is 12.2 Å². The Labute approximate surface area is 71.1 Å². The van der Waals surface area contributed by atoms with Crippen molar-refractivity contribution in [2.75, 3.05) is 18.1 Å². The molecular formula is C7H14N2OS. The Morgan fingerprint density at radius 3 is 2.91 bits per heavy atom. The van der Waals surface area contributed by atoms with Gasteiger partial charge in [-0.15, -0.1) is 0 Å². The Morgan fingerprint density at radius 1 is 1.73 bits per heavy atom. The first-order valence-electron chi connectivity index (χ1n) is 3.79. The topological polar surface area (TPSA) is 55.1 Å². The molecule has 0 spiro atoms. The zero-order chi connectivity index (χ0) is 8.27. The third-order valence-electron chi connectivity index (χ3n) is 1.90. The number of nitrogens with two attached hydrogens (primary N) is 1. The summed E-state index contributed by atoms with van der Waals surface area (Å²) in [5, 5.41) is 3.14. The Bertz CT molecular complexity index is 151. The van der Waals surface area contributed by atoms with Crippen LogP contribution in [0.4, 0.5) is 0 Å². The van der Waals surface area contributed by atoms with Crippen LogP contribution in [0.1, 0.15) is 6.92 Å². The number of amides is 1. The first kappa shape index (κ1) is 8.87. The van der Waals surface area contributed by atoms with Gasteiger partial charge in [0.15, 0.2) is 0 Å². The van der Waals surface area contributed by atoms with Crippen LogP contribution in [0.2, 0.25) is 0 Å². The summed E-state index contributed by atoms with van der Waals surface area (Å²) in [7, 11) is 0. The SMILES string of the molecule is CC1CSCC1NCC(N)=O. The van der Waals surface area contributed by atoms with E-state index in [1.165, 1.54) is 5.75 Å². The fraction of sp³-hybridized carbons (Fsp3) is 0.857. The number of carbonyl (C=O) groups excluding carboxylic acids is 1. The smallest absolute Gasteiger partial charge is 0.231 e. The predicted molar refractivity (Wildman–Crippen MR) is 47.5 cm³/mol. The molecular weight excluding hydrogens is 160 g/mol. The fourth-order valence-electron chi connectivity index (χ4n) is 1.15. The Balaban J connectivity index is 2.20. The summed E-state index contributed by atoms with van der Waals surface area (Å²) in [5.41, 5.74) is 5.01. The maximum atomic E-state index is 10.4. The molecule has 1 aliphatic rings. The maximum Gasteiger partial charge on any atom is 0.231 e. The van der Waals surface area contributed by atoms with E-state index in [1.54, 1.807) is 0 Å². The van der Waals surface area contributed by atoms with Crippen molar-refractivity contribution in [3.05, 3.63) is 0 Å². The minimum absolute atomic E-state index is 0.269. The van der Waals surface area contributed by atoms with Crippen LogP contribution < -0.4 is 11.1 Å². The van der Waals surface area contributed by atoms with Crippen LogP contribution in [0.3, 0.4) is 0 Å². The first-order valence-corrected chi connectivity index (χ1v) is 4.95. The number of thioether (sulfide) groups is 1. The van der Waals surface area contributed by atoms with E-state index in [-0.39, 0.29) is 5.91 Å². The molecule has 2 atom stereocenters. The molecule has 1 amide bonds. The van der Waals surface area contributed by atoms with Gasteiger partial charge in [0.2, 0.25) is 5.91 Å². The molecule has 0 aromatic rings. The van der Waals surface area contributed by atoms with Gasteiger partial charge in [-0.05, 0) is 11.7 Å². The number of nitrogens with one attached hydrogen (secondary N) is 1. The molecule has 2 unspecified atom stereocenters. The number of primary amides is 1. The van der Waals surface area contributed by atoms with Gasteiger partial charge >= 0.3 is 0 Å². The van der Waals surface area contributed by atoms with Gasteiger partial charge in [-0.1, -0.05) is 6.92 Å². The monoisotopic (exact) mass is 174 g/mol. The van der Waals surface area contributed by atoms with Crippen molar-refractivity contribution in [1.29, 1.82) is 0 Å². The van der Waals surface area contributed by atoms with E-state index >= 15 is 0 Å². The molecule has 0 radical (unpaired) electrons. The molecule has 0 aliphatic carbocycles. The van der Waals surface area contributed by atoms with E-state index in [9.17, 15) is 4.79 Å². The van der Waals surface area contributed by atoms with E-state index in [0.717, 1.165) is 5.75 Å². The van der Waals surface area contributed by atoms with Gasteiger partial charge in [-0.2, -0.15) is 11.8 Å². The highest BCUT2D eigenvalue weighted by Crippen LogP contribution is 2.22. The molecule has 1 aliphatic heterocycles. The second-order valence-electron chi connectivity index (χ2n) is 2.97. The molecule has 1 rings (SSSR count). The number of hydrogen-bond acceptors (Lipinski definition) is 3. The number of carbonyl (C=O) groups is 1. The van der Waals surface area contributed by atoms with Crippen LogP contribution >= 0.6 is 11.8 Å². The Kier molecular flexibility index (Phi) is 3.20. The van der Waals surface area contributed by atoms with Crippen molar-refractivity contribution in [2.24, 2.45) is 11.7 Å². The fourth-order valence-corrected chi connectivity index (χ4v) is 2.59. The molecule has 0 aromatic heterocycles. The van der Waals surface area contributed by atoms with Gasteiger partial charge in [0.25, 0.3) is 0 Å². The third kappa shape index (κ3) is 2.71. The van der Waals surface area contributed by atoms with Gasteiger partial charge in [-0.3, -0.25) is 4.79 Å². The van der Waals surface area contributed by atoms with Crippen molar-refractivity contribution in [2.45, 2.75) is 13.0 Å². The summed E-state index contributed by atoms with van der Waals surface area (Å²) in [6.07, 6.45) is 0. The lowest BCUT2D eigenvalue weighted by atomic mass is 10.1. The van der Waals surface area contributed by atoms with Gasteiger partial charge in [-0.25, -0.2) is 0 Å². The molecule has 0 bridgehead atoms. The highest BCUT2D eigenvalue weighted by Gasteiger charge is 2.23. The van der Waals surface area contributed by atoms with Crippen LogP contribution in [0.25, 0.3) is 0 Å². The van der Waals surface area contributed by atoms with E-state index < -0.39 is 0 Å². The lowest BCUT2D eigenvalue weighted by molar-refractivity contribution is -0.117. The summed E-state index contributed by atoms with van der Waals surface area (Å²) in [6, 6.07) is 0.479. The molecule has 3 N–H and O–H groups in total. The maximum absolute atomic E-state index is 10.4. The van der Waals surface area contributed by atoms with Crippen molar-refractivity contribution in [3.8, 4) is 0 Å². The van der Waals surface area contributed by atoms with Crippen LogP contribution in [-0.2, 0) is 4.79 Å². The Morgan fingerprint density at radius 2 is 2.45 bits per heavy atom. The lowest BCUT2D eigenvalue weighted by Gasteiger charge is -2.14. The second kappa shape index (κ2) is 3.97. The van der Waals surface area contributed by atoms with Gasteiger partial charge in [0, 0.05) is 11.8 Å². The molecule has 11 heavy (non-hydrogen) atoms. The molecule has 4 heteroatoms. The summed E-state index contributed by atoms with van der Waals surface area (Å²) < 4.78 is 0. The van der Waals surface area contributed by atoms with E-state index in [4.69, 9.17) is 5.73 Å². The quantitative estimate of drug-likeness (QED) is 0.623. The summed E-state index contributed by atoms with van der Waals surface area (Å²) in [5.74, 6) is 2.69. The normalized spacial score (nSPS) is 30.6. The number of rotatable bonds is 3. The van der Waals surface area contributed by atoms with E-state index in [0.29, 0.717) is 18.5 Å². The van der Waals surface area contributed by atoms with Crippen LogP contribution in [0.5, 0.6) is 0 Å². The second-order valence-corrected chi connectivity index (χ2v) is 4.04. The predicted octanol–water partition coefficient (Wildman–Crippen LogP) is -0.187. The molecule has 3 nitrogen and oxygen atoms in total. The zero-order valence-corrected chi connectivity index (χ0v) is 7.49. The molecule has 0 saturated carbocycles. The average molecular weight is 174 g/mol. The molecule has 1 fully saturated rings. The molecule has 64 valence electrons. The van der Waals surface area contributed by atoms with Gasteiger partial charge in [0.1, 0.15) is 0 Å². The highest BCUT2D eigenvalue weighted by molar-refractivity contribution is 7.99. The number of hydrogen-bond donors (Lipinski definition) is 2. The lowest BCUT2D eigenvalue weighted by Crippen LogP contribution is -2.39. The van der Waals surface area contributed by atoms with E-state index in [1.807, 2.05) is 11.8 Å². The standard InChI is InChI=1S/C7H14N2OS/c1-5-3-11-4-6(5)9-2-7(8)10/h5-6,9H,2-4H2,1H3,(H2,8,10). The minimum Gasteiger partial charge on any atom is -0.369 e. The third-order valence-corrected chi connectivity index (χ3v) is 3.26. The van der Waals surface area contributed by atoms with Crippen LogP contribution in [-0.4, -0.2) is 30.0 Å². The molecule has 1 heterocycles. The summed E-state index contributed by atoms with van der Waals surface area (Å²) in [6.45, 7) is 2.51. The minimum atomic E-state index is -0.269. The van der Waals surface area contributed by atoms with Crippen molar-refractivity contribution >= 4 is 17.7 Å². The zero-order valence-electron chi connectivity index (χ0n) is 6.67. The van der Waals surface area contributed by atoms with Crippen LogP contribution in [0.15, 0.2) is 0 Å². The average Bonchev–Trinajstić information content (AvgIpc) is 2.31. The molecule has 1 saturated heterocycles. The highest BCUT2D eigenvalue weighted by atomic mass is 32.2. The van der Waals surface area contributed by atoms with Gasteiger partial charge in [0.05, 0.1) is 6.54 Å². The largest absolute Gasteiger partial charge is 0.369 e.